The Kier molecular flexibility index (Phi) is 56.7. The minimum atomic E-state index is -0.775. The monoisotopic (exact) mass is 981 g/mol. The lowest BCUT2D eigenvalue weighted by atomic mass is 10.0. The van der Waals surface area contributed by atoms with E-state index in [-0.39, 0.29) is 31.1 Å². The molecule has 0 spiro atoms. The molecule has 0 radical (unpaired) electrons. The maximum absolute atomic E-state index is 12.9. The van der Waals surface area contributed by atoms with Gasteiger partial charge in [-0.3, -0.25) is 14.4 Å². The molecule has 0 saturated carbocycles. The largest absolute Gasteiger partial charge is 0.462 e. The summed E-state index contributed by atoms with van der Waals surface area (Å²) in [4.78, 5) is 38.2. The van der Waals surface area contributed by atoms with Crippen LogP contribution in [0.4, 0.5) is 0 Å². The van der Waals surface area contributed by atoms with Gasteiger partial charge in [-0.25, -0.2) is 0 Å². The first-order valence-corrected chi connectivity index (χ1v) is 30.6. The van der Waals surface area contributed by atoms with Crippen molar-refractivity contribution in [2.45, 2.75) is 329 Å². The zero-order valence-corrected chi connectivity index (χ0v) is 46.8. The average Bonchev–Trinajstić information content (AvgIpc) is 3.36. The predicted molar refractivity (Wildman–Crippen MR) is 302 cm³/mol. The van der Waals surface area contributed by atoms with Crippen molar-refractivity contribution in [3.63, 3.8) is 0 Å². The van der Waals surface area contributed by atoms with Crippen LogP contribution < -0.4 is 0 Å². The number of rotatable bonds is 56. The molecule has 0 aromatic rings. The maximum Gasteiger partial charge on any atom is 0.306 e. The van der Waals surface area contributed by atoms with E-state index in [4.69, 9.17) is 14.2 Å². The Labute approximate surface area is 435 Å². The molecule has 0 N–H and O–H groups in total. The van der Waals surface area contributed by atoms with Gasteiger partial charge in [0.15, 0.2) is 6.10 Å². The molecule has 0 aliphatic rings. The Hall–Kier alpha value is -2.63. The Morgan fingerprint density at radius 3 is 0.814 bits per heavy atom. The second-order valence-electron chi connectivity index (χ2n) is 20.6. The molecule has 70 heavy (non-hydrogen) atoms. The number of hydrogen-bond donors (Lipinski definition) is 0. The van der Waals surface area contributed by atoms with Gasteiger partial charge in [-0.2, -0.15) is 0 Å². The van der Waals surface area contributed by atoms with Crippen molar-refractivity contribution < 1.29 is 28.6 Å². The third kappa shape index (κ3) is 56.3. The number of hydrogen-bond acceptors (Lipinski definition) is 6. The second kappa shape index (κ2) is 58.9. The first kappa shape index (κ1) is 67.4. The van der Waals surface area contributed by atoms with Crippen LogP contribution in [0.1, 0.15) is 323 Å². The summed E-state index contributed by atoms with van der Waals surface area (Å²) in [5.74, 6) is -0.864. The lowest BCUT2D eigenvalue weighted by Crippen LogP contribution is -2.30. The molecule has 0 aliphatic carbocycles. The molecule has 0 aromatic carbocycles. The Bertz CT molecular complexity index is 1220. The molecular weight excluding hydrogens is 865 g/mol. The van der Waals surface area contributed by atoms with Gasteiger partial charge in [-0.1, -0.05) is 268 Å². The van der Waals surface area contributed by atoms with Gasteiger partial charge >= 0.3 is 17.9 Å². The van der Waals surface area contributed by atoms with Crippen LogP contribution in [0.5, 0.6) is 0 Å². The van der Waals surface area contributed by atoms with E-state index in [1.165, 1.54) is 212 Å². The summed E-state index contributed by atoms with van der Waals surface area (Å²) >= 11 is 0. The molecule has 0 saturated heterocycles. The number of carbonyl (C=O) groups excluding carboxylic acids is 3. The molecule has 6 nitrogen and oxygen atoms in total. The summed E-state index contributed by atoms with van der Waals surface area (Å²) in [6.45, 7) is 6.64. The Balaban J connectivity index is 4.31. The topological polar surface area (TPSA) is 78.9 Å². The van der Waals surface area contributed by atoms with Gasteiger partial charge in [0.05, 0.1) is 0 Å². The van der Waals surface area contributed by atoms with Gasteiger partial charge in [0.25, 0.3) is 0 Å². The predicted octanol–water partition coefficient (Wildman–Crippen LogP) is 20.6. The number of ether oxygens (including phenoxy) is 3. The molecule has 408 valence electrons. The van der Waals surface area contributed by atoms with E-state index in [1.807, 2.05) is 0 Å². The van der Waals surface area contributed by atoms with E-state index < -0.39 is 6.10 Å². The lowest BCUT2D eigenvalue weighted by Gasteiger charge is -2.18. The molecule has 0 aromatic heterocycles. The van der Waals surface area contributed by atoms with E-state index in [9.17, 15) is 14.4 Å². The fraction of sp³-hybridized carbons (Fsp3) is 0.828. The van der Waals surface area contributed by atoms with Gasteiger partial charge in [0, 0.05) is 19.3 Å². The Morgan fingerprint density at radius 2 is 0.514 bits per heavy atom. The highest BCUT2D eigenvalue weighted by Gasteiger charge is 2.19. The highest BCUT2D eigenvalue weighted by atomic mass is 16.6. The number of esters is 3. The van der Waals surface area contributed by atoms with Crippen LogP contribution in [0.15, 0.2) is 48.6 Å². The van der Waals surface area contributed by atoms with Crippen molar-refractivity contribution in [1.82, 2.24) is 0 Å². The first-order valence-electron chi connectivity index (χ1n) is 30.6. The van der Waals surface area contributed by atoms with Crippen LogP contribution in [-0.4, -0.2) is 37.2 Å². The summed E-state index contributed by atoms with van der Waals surface area (Å²) in [5, 5.41) is 0. The van der Waals surface area contributed by atoms with Gasteiger partial charge in [0.2, 0.25) is 0 Å². The zero-order valence-electron chi connectivity index (χ0n) is 46.8. The van der Waals surface area contributed by atoms with Gasteiger partial charge in [-0.15, -0.1) is 0 Å². The van der Waals surface area contributed by atoms with E-state index in [0.29, 0.717) is 19.3 Å². The second-order valence-corrected chi connectivity index (χ2v) is 20.6. The molecule has 1 unspecified atom stereocenters. The molecule has 0 aliphatic heterocycles. The van der Waals surface area contributed by atoms with Crippen molar-refractivity contribution in [2.24, 2.45) is 0 Å². The number of unbranched alkanes of at least 4 members (excludes halogenated alkanes) is 37. The third-order valence-electron chi connectivity index (χ3n) is 13.6. The van der Waals surface area contributed by atoms with Gasteiger partial charge in [0.1, 0.15) is 13.2 Å². The highest BCUT2D eigenvalue weighted by molar-refractivity contribution is 5.71. The Morgan fingerprint density at radius 1 is 0.286 bits per heavy atom. The summed E-state index contributed by atoms with van der Waals surface area (Å²) in [6, 6.07) is 0. The molecule has 0 rings (SSSR count). The summed E-state index contributed by atoms with van der Waals surface area (Å²) in [7, 11) is 0. The van der Waals surface area contributed by atoms with Crippen molar-refractivity contribution in [3.05, 3.63) is 48.6 Å². The van der Waals surface area contributed by atoms with E-state index in [1.54, 1.807) is 0 Å². The zero-order chi connectivity index (χ0) is 50.7. The normalized spacial score (nSPS) is 12.3. The fourth-order valence-electron chi connectivity index (χ4n) is 8.92. The van der Waals surface area contributed by atoms with Crippen molar-refractivity contribution in [2.75, 3.05) is 13.2 Å². The van der Waals surface area contributed by atoms with Crippen LogP contribution in [-0.2, 0) is 28.6 Å². The van der Waals surface area contributed by atoms with E-state index in [0.717, 1.165) is 70.6 Å². The van der Waals surface area contributed by atoms with Gasteiger partial charge in [-0.05, 0) is 83.5 Å². The molecule has 6 heteroatoms. The van der Waals surface area contributed by atoms with Gasteiger partial charge < -0.3 is 14.2 Å². The standard InChI is InChI=1S/C64H116O6/c1-4-7-10-13-16-19-22-25-27-29-31-32-34-35-37-39-42-45-48-51-54-57-63(66)69-60-61(59-68-62(65)56-53-50-47-44-41-24-21-18-15-12-9-6-3)70-64(67)58-55-52-49-46-43-40-38-36-33-30-28-26-23-20-17-14-11-8-5-2/h17,20,22,25-26,28-29,31,61H,4-16,18-19,21,23-24,27,30,32-60H2,1-3H3/b20-17-,25-22-,28-26-,31-29-. The van der Waals surface area contributed by atoms with Crippen LogP contribution in [0, 0.1) is 0 Å². The molecule has 1 atom stereocenters. The van der Waals surface area contributed by atoms with Crippen LogP contribution in [0.25, 0.3) is 0 Å². The smallest absolute Gasteiger partial charge is 0.306 e. The highest BCUT2D eigenvalue weighted by Crippen LogP contribution is 2.16. The number of carbonyl (C=O) groups is 3. The summed E-state index contributed by atoms with van der Waals surface area (Å²) in [6.07, 6.45) is 72.4. The van der Waals surface area contributed by atoms with Crippen molar-refractivity contribution in [3.8, 4) is 0 Å². The maximum atomic E-state index is 12.9. The number of allylic oxidation sites excluding steroid dienone is 8. The summed E-state index contributed by atoms with van der Waals surface area (Å²) in [5.41, 5.74) is 0. The third-order valence-corrected chi connectivity index (χ3v) is 13.6. The average molecular weight is 982 g/mol. The van der Waals surface area contributed by atoms with E-state index in [2.05, 4.69) is 69.4 Å². The van der Waals surface area contributed by atoms with Crippen molar-refractivity contribution in [1.29, 1.82) is 0 Å². The quantitative estimate of drug-likeness (QED) is 0.0261. The lowest BCUT2D eigenvalue weighted by molar-refractivity contribution is -0.167. The van der Waals surface area contributed by atoms with Crippen molar-refractivity contribution >= 4 is 17.9 Å². The SMILES string of the molecule is CCCCC/C=C\C/C=C\CCCCCCCCCCCC(=O)OC(COC(=O)CCCCCCCCCCC/C=C\C/C=C\CCCCCCC)COC(=O)CCCCCCCCCCCCCC. The minimum absolute atomic E-state index is 0.0728. The molecule has 0 amide bonds. The molecule has 0 heterocycles. The summed E-state index contributed by atoms with van der Waals surface area (Å²) < 4.78 is 16.9. The van der Waals surface area contributed by atoms with Crippen LogP contribution in [0.3, 0.4) is 0 Å². The molecule has 0 bridgehead atoms. The molecule has 0 fully saturated rings. The molecular formula is C64H116O6. The van der Waals surface area contributed by atoms with Crippen LogP contribution in [0.2, 0.25) is 0 Å². The fourth-order valence-corrected chi connectivity index (χ4v) is 8.92. The van der Waals surface area contributed by atoms with Crippen LogP contribution >= 0.6 is 0 Å². The first-order chi connectivity index (χ1) is 34.5. The van der Waals surface area contributed by atoms with E-state index >= 15 is 0 Å². The minimum Gasteiger partial charge on any atom is -0.462 e.